The number of nitrogens with zero attached hydrogens (tertiary/aromatic N) is 1. The van der Waals surface area contributed by atoms with E-state index in [0.29, 0.717) is 15.8 Å². The highest BCUT2D eigenvalue weighted by Gasteiger charge is 2.22. The van der Waals surface area contributed by atoms with Crippen molar-refractivity contribution in [3.63, 3.8) is 0 Å². The van der Waals surface area contributed by atoms with Gasteiger partial charge in [0.05, 0.1) is 15.8 Å². The standard InChI is InChI=1S/C19H19ClN2O3S/c20-17-9-8-16(26-17)15(23)7-10-18(24)21-12-19(25)22-11-3-5-13-4-1-2-6-14(13)22/h1-2,4,6,8-9H,3,5,7,10-12H2,(H,21,24). The predicted octanol–water partition coefficient (Wildman–Crippen LogP) is 3.46. The molecule has 136 valence electrons. The van der Waals surface area contributed by atoms with Crippen molar-refractivity contribution in [2.24, 2.45) is 0 Å². The van der Waals surface area contributed by atoms with Crippen LogP contribution in [0.2, 0.25) is 4.34 Å². The van der Waals surface area contributed by atoms with Gasteiger partial charge < -0.3 is 10.2 Å². The van der Waals surface area contributed by atoms with Crippen molar-refractivity contribution in [2.45, 2.75) is 25.7 Å². The number of carbonyl (C=O) groups excluding carboxylic acids is 3. The molecule has 0 saturated heterocycles. The lowest BCUT2D eigenvalue weighted by molar-refractivity contribution is -0.125. The summed E-state index contributed by atoms with van der Waals surface area (Å²) in [6.07, 6.45) is 2.03. The third-order valence-electron chi connectivity index (χ3n) is 4.28. The molecule has 1 N–H and O–H groups in total. The van der Waals surface area contributed by atoms with Crippen molar-refractivity contribution in [3.05, 3.63) is 51.2 Å². The fourth-order valence-electron chi connectivity index (χ4n) is 2.97. The number of anilines is 1. The van der Waals surface area contributed by atoms with Gasteiger partial charge in [0.2, 0.25) is 11.8 Å². The number of benzene rings is 1. The van der Waals surface area contributed by atoms with E-state index in [1.807, 2.05) is 24.3 Å². The first-order valence-electron chi connectivity index (χ1n) is 8.48. The van der Waals surface area contributed by atoms with Crippen molar-refractivity contribution in [1.29, 1.82) is 0 Å². The van der Waals surface area contributed by atoms with Crippen LogP contribution in [-0.4, -0.2) is 30.7 Å². The molecule has 1 aliphatic rings. The summed E-state index contributed by atoms with van der Waals surface area (Å²) < 4.78 is 0.546. The summed E-state index contributed by atoms with van der Waals surface area (Å²) in [7, 11) is 0. The van der Waals surface area contributed by atoms with E-state index in [-0.39, 0.29) is 37.0 Å². The van der Waals surface area contributed by atoms with Gasteiger partial charge in [-0.05, 0) is 36.6 Å². The maximum Gasteiger partial charge on any atom is 0.246 e. The first-order chi connectivity index (χ1) is 12.5. The zero-order valence-electron chi connectivity index (χ0n) is 14.2. The maximum absolute atomic E-state index is 12.5. The summed E-state index contributed by atoms with van der Waals surface area (Å²) >= 11 is 7.01. The molecule has 0 fully saturated rings. The summed E-state index contributed by atoms with van der Waals surface area (Å²) in [4.78, 5) is 38.7. The number of rotatable bonds is 6. The zero-order valence-corrected chi connectivity index (χ0v) is 15.7. The van der Waals surface area contributed by atoms with Gasteiger partial charge in [0.15, 0.2) is 5.78 Å². The molecule has 2 amide bonds. The van der Waals surface area contributed by atoms with Crippen LogP contribution >= 0.6 is 22.9 Å². The van der Waals surface area contributed by atoms with Gasteiger partial charge in [-0.3, -0.25) is 14.4 Å². The second-order valence-corrected chi connectivity index (χ2v) is 7.80. The van der Waals surface area contributed by atoms with Crippen LogP contribution in [0.5, 0.6) is 0 Å². The van der Waals surface area contributed by atoms with E-state index in [9.17, 15) is 14.4 Å². The fourth-order valence-corrected chi connectivity index (χ4v) is 3.98. The Morgan fingerprint density at radius 3 is 2.69 bits per heavy atom. The highest BCUT2D eigenvalue weighted by molar-refractivity contribution is 7.18. The average molecular weight is 391 g/mol. The van der Waals surface area contributed by atoms with E-state index in [4.69, 9.17) is 11.6 Å². The maximum atomic E-state index is 12.5. The molecule has 3 rings (SSSR count). The van der Waals surface area contributed by atoms with Gasteiger partial charge in [0.25, 0.3) is 0 Å². The fraction of sp³-hybridized carbons (Fsp3) is 0.316. The highest BCUT2D eigenvalue weighted by Crippen LogP contribution is 2.26. The van der Waals surface area contributed by atoms with Gasteiger partial charge in [-0.1, -0.05) is 29.8 Å². The molecular formula is C19H19ClN2O3S. The number of fused-ring (bicyclic) bond motifs is 1. The number of aryl methyl sites for hydroxylation is 1. The lowest BCUT2D eigenvalue weighted by atomic mass is 10.0. The van der Waals surface area contributed by atoms with Crippen LogP contribution in [0.3, 0.4) is 0 Å². The molecule has 0 bridgehead atoms. The third-order valence-corrected chi connectivity index (χ3v) is 5.55. The molecule has 1 aliphatic heterocycles. The van der Waals surface area contributed by atoms with Gasteiger partial charge in [-0.2, -0.15) is 0 Å². The minimum Gasteiger partial charge on any atom is -0.347 e. The van der Waals surface area contributed by atoms with Crippen molar-refractivity contribution < 1.29 is 14.4 Å². The zero-order chi connectivity index (χ0) is 18.5. The van der Waals surface area contributed by atoms with Crippen LogP contribution < -0.4 is 10.2 Å². The Balaban J connectivity index is 1.47. The molecule has 5 nitrogen and oxygen atoms in total. The van der Waals surface area contributed by atoms with Crippen LogP contribution in [-0.2, 0) is 16.0 Å². The topological polar surface area (TPSA) is 66.5 Å². The number of carbonyl (C=O) groups is 3. The Kier molecular flexibility index (Phi) is 6.06. The molecule has 7 heteroatoms. The number of amides is 2. The molecule has 1 aromatic heterocycles. The molecule has 1 aromatic carbocycles. The number of hydrogen-bond acceptors (Lipinski definition) is 4. The summed E-state index contributed by atoms with van der Waals surface area (Å²) in [6, 6.07) is 11.1. The van der Waals surface area contributed by atoms with E-state index < -0.39 is 0 Å². The number of ketones is 1. The van der Waals surface area contributed by atoms with Crippen LogP contribution in [0.25, 0.3) is 0 Å². The first-order valence-corrected chi connectivity index (χ1v) is 9.67. The van der Waals surface area contributed by atoms with Crippen LogP contribution in [0, 0.1) is 0 Å². The van der Waals surface area contributed by atoms with E-state index in [2.05, 4.69) is 5.32 Å². The molecular weight excluding hydrogens is 372 g/mol. The van der Waals surface area contributed by atoms with Gasteiger partial charge in [0.1, 0.15) is 0 Å². The smallest absolute Gasteiger partial charge is 0.246 e. The first kappa shape index (κ1) is 18.6. The van der Waals surface area contributed by atoms with E-state index in [0.717, 1.165) is 24.1 Å². The SMILES string of the molecule is O=C(CCC(=O)c1ccc(Cl)s1)NCC(=O)N1CCCc2ccccc21. The minimum absolute atomic E-state index is 0.0538. The molecule has 26 heavy (non-hydrogen) atoms. The second-order valence-electron chi connectivity index (χ2n) is 6.08. The van der Waals surface area contributed by atoms with Crippen LogP contribution in [0.15, 0.2) is 36.4 Å². The molecule has 0 unspecified atom stereocenters. The van der Waals surface area contributed by atoms with Crippen molar-refractivity contribution in [1.82, 2.24) is 5.32 Å². The minimum atomic E-state index is -0.306. The number of thiophene rings is 1. The lowest BCUT2D eigenvalue weighted by Gasteiger charge is -2.29. The van der Waals surface area contributed by atoms with Crippen molar-refractivity contribution >= 4 is 46.2 Å². The van der Waals surface area contributed by atoms with E-state index >= 15 is 0 Å². The molecule has 0 atom stereocenters. The second kappa shape index (κ2) is 8.47. The Morgan fingerprint density at radius 2 is 1.92 bits per heavy atom. The number of Topliss-reactive ketones (excluding diaryl/α,β-unsaturated/α-hetero) is 1. The van der Waals surface area contributed by atoms with Gasteiger partial charge in [-0.25, -0.2) is 0 Å². The molecule has 0 spiro atoms. The highest BCUT2D eigenvalue weighted by atomic mass is 35.5. The van der Waals surface area contributed by atoms with Gasteiger partial charge in [0, 0.05) is 25.1 Å². The van der Waals surface area contributed by atoms with Crippen LogP contribution in [0.4, 0.5) is 5.69 Å². The summed E-state index contributed by atoms with van der Waals surface area (Å²) in [6.45, 7) is 0.593. The number of hydrogen-bond donors (Lipinski definition) is 1. The van der Waals surface area contributed by atoms with E-state index in [1.165, 1.54) is 11.3 Å². The third kappa shape index (κ3) is 4.51. The number of nitrogens with one attached hydrogen (secondary N) is 1. The van der Waals surface area contributed by atoms with Crippen molar-refractivity contribution in [2.75, 3.05) is 18.0 Å². The number of halogens is 1. The molecule has 2 heterocycles. The molecule has 2 aromatic rings. The Bertz CT molecular complexity index is 834. The normalized spacial score (nSPS) is 13.2. The van der Waals surface area contributed by atoms with E-state index in [1.54, 1.807) is 17.0 Å². The summed E-state index contributed by atoms with van der Waals surface area (Å²) in [5.74, 6) is -0.560. The molecule has 0 saturated carbocycles. The Morgan fingerprint density at radius 1 is 1.12 bits per heavy atom. The summed E-state index contributed by atoms with van der Waals surface area (Å²) in [5, 5.41) is 2.62. The lowest BCUT2D eigenvalue weighted by Crippen LogP contribution is -2.42. The molecule has 0 radical (unpaired) electrons. The van der Waals surface area contributed by atoms with Gasteiger partial charge in [-0.15, -0.1) is 11.3 Å². The average Bonchev–Trinajstić information content (AvgIpc) is 3.10. The van der Waals surface area contributed by atoms with Crippen molar-refractivity contribution in [3.8, 4) is 0 Å². The predicted molar refractivity (Wildman–Crippen MR) is 103 cm³/mol. The quantitative estimate of drug-likeness (QED) is 0.768. The largest absolute Gasteiger partial charge is 0.347 e. The monoisotopic (exact) mass is 390 g/mol. The van der Waals surface area contributed by atoms with Crippen LogP contribution in [0.1, 0.15) is 34.5 Å². The number of para-hydroxylation sites is 1. The summed E-state index contributed by atoms with van der Waals surface area (Å²) in [5.41, 5.74) is 2.07. The Labute approximate surface area is 161 Å². The Hall–Kier alpha value is -2.18. The van der Waals surface area contributed by atoms with Gasteiger partial charge >= 0.3 is 0 Å². The molecule has 0 aliphatic carbocycles.